The Morgan fingerprint density at radius 1 is 1.37 bits per heavy atom. The zero-order valence-corrected chi connectivity index (χ0v) is 14.3. The summed E-state index contributed by atoms with van der Waals surface area (Å²) in [5.74, 6) is 0. The highest BCUT2D eigenvalue weighted by molar-refractivity contribution is 9.10. The maximum absolute atomic E-state index is 6.35. The van der Waals surface area contributed by atoms with Gasteiger partial charge in [-0.2, -0.15) is 5.10 Å². The molecule has 0 amide bonds. The van der Waals surface area contributed by atoms with Crippen LogP contribution in [0.15, 0.2) is 33.3 Å². The fourth-order valence-corrected chi connectivity index (χ4v) is 2.91. The average Bonchev–Trinajstić information content (AvgIpc) is 2.74. The molecule has 2 aromatic rings. The van der Waals surface area contributed by atoms with Crippen molar-refractivity contribution in [3.63, 3.8) is 0 Å². The number of hydrogen-bond acceptors (Lipinski definition) is 2. The topological polar surface area (TPSA) is 43.8 Å². The van der Waals surface area contributed by atoms with Crippen LogP contribution in [0.2, 0.25) is 5.02 Å². The Morgan fingerprint density at radius 3 is 2.74 bits per heavy atom. The van der Waals surface area contributed by atoms with E-state index < -0.39 is 0 Å². The summed E-state index contributed by atoms with van der Waals surface area (Å²) in [5, 5.41) is 5.00. The van der Waals surface area contributed by atoms with Gasteiger partial charge < -0.3 is 5.73 Å². The predicted molar refractivity (Wildman–Crippen MR) is 85.4 cm³/mol. The summed E-state index contributed by atoms with van der Waals surface area (Å²) in [6.07, 6.45) is 2.79. The molecule has 102 valence electrons. The van der Waals surface area contributed by atoms with Gasteiger partial charge in [-0.1, -0.05) is 24.6 Å². The highest BCUT2D eigenvalue weighted by Gasteiger charge is 2.18. The molecule has 0 spiro atoms. The summed E-state index contributed by atoms with van der Waals surface area (Å²) in [7, 11) is 0. The molecule has 0 aliphatic carbocycles. The van der Waals surface area contributed by atoms with Gasteiger partial charge in [-0.3, -0.25) is 4.68 Å². The first kappa shape index (κ1) is 15.0. The molecule has 0 bridgehead atoms. The zero-order valence-electron chi connectivity index (χ0n) is 10.4. The summed E-state index contributed by atoms with van der Waals surface area (Å²) in [5.41, 5.74) is 8.28. The fraction of sp³-hybridized carbons (Fsp3) is 0.308. The largest absolute Gasteiger partial charge is 0.319 e. The van der Waals surface area contributed by atoms with Crippen LogP contribution in [0.3, 0.4) is 0 Å². The van der Waals surface area contributed by atoms with Gasteiger partial charge >= 0.3 is 0 Å². The van der Waals surface area contributed by atoms with Gasteiger partial charge in [0.05, 0.1) is 27.4 Å². The molecule has 0 saturated heterocycles. The third kappa shape index (κ3) is 3.21. The van der Waals surface area contributed by atoms with Gasteiger partial charge in [-0.25, -0.2) is 0 Å². The Morgan fingerprint density at radius 2 is 2.11 bits per heavy atom. The number of rotatable bonds is 4. The summed E-state index contributed by atoms with van der Waals surface area (Å²) >= 11 is 13.0. The molecule has 0 saturated carbocycles. The van der Waals surface area contributed by atoms with Crippen LogP contribution in [0.1, 0.15) is 30.6 Å². The molecular weight excluding hydrogens is 393 g/mol. The second-order valence-electron chi connectivity index (χ2n) is 4.25. The standard InChI is InChI=1S/C13H14Br2ClN3/c1-2-5-19-13(10(15)7-18-19)12(17)8-3-4-9(14)11(16)6-8/h3-4,6-7,12H,2,5,17H2,1H3. The lowest BCUT2D eigenvalue weighted by Gasteiger charge is -2.16. The normalized spacial score (nSPS) is 12.7. The minimum atomic E-state index is -0.256. The van der Waals surface area contributed by atoms with E-state index in [1.165, 1.54) is 0 Å². The average molecular weight is 408 g/mol. The van der Waals surface area contributed by atoms with Crippen LogP contribution in [0.5, 0.6) is 0 Å². The van der Waals surface area contributed by atoms with Crippen molar-refractivity contribution < 1.29 is 0 Å². The second kappa shape index (κ2) is 6.39. The predicted octanol–water partition coefficient (Wildman–Crippen LogP) is 4.52. The number of aryl methyl sites for hydroxylation is 1. The first-order valence-corrected chi connectivity index (χ1v) is 7.92. The SMILES string of the molecule is CCCn1ncc(Br)c1C(N)c1ccc(Br)c(Cl)c1. The number of nitrogens with zero attached hydrogens (tertiary/aromatic N) is 2. The van der Waals surface area contributed by atoms with E-state index in [1.807, 2.05) is 22.9 Å². The van der Waals surface area contributed by atoms with Gasteiger partial charge in [0.2, 0.25) is 0 Å². The van der Waals surface area contributed by atoms with Gasteiger partial charge in [0, 0.05) is 11.0 Å². The van der Waals surface area contributed by atoms with Crippen molar-refractivity contribution in [2.24, 2.45) is 5.73 Å². The molecule has 1 atom stereocenters. The van der Waals surface area contributed by atoms with Crippen LogP contribution in [-0.4, -0.2) is 9.78 Å². The summed E-state index contributed by atoms with van der Waals surface area (Å²) in [6, 6.07) is 5.50. The quantitative estimate of drug-likeness (QED) is 0.810. The number of hydrogen-bond donors (Lipinski definition) is 1. The van der Waals surface area contributed by atoms with E-state index in [2.05, 4.69) is 43.9 Å². The number of halogens is 3. The molecule has 0 radical (unpaired) electrons. The molecule has 2 N–H and O–H groups in total. The Hall–Kier alpha value is -0.360. The molecule has 1 aromatic heterocycles. The van der Waals surface area contributed by atoms with Gasteiger partial charge in [-0.05, 0) is 56.0 Å². The van der Waals surface area contributed by atoms with E-state index in [0.29, 0.717) is 5.02 Å². The molecular formula is C13H14Br2ClN3. The Labute approximate surface area is 134 Å². The van der Waals surface area contributed by atoms with Crippen LogP contribution >= 0.6 is 43.5 Å². The molecule has 0 fully saturated rings. The van der Waals surface area contributed by atoms with Crippen molar-refractivity contribution >= 4 is 43.5 Å². The molecule has 1 aromatic carbocycles. The van der Waals surface area contributed by atoms with E-state index >= 15 is 0 Å². The minimum Gasteiger partial charge on any atom is -0.319 e. The lowest BCUT2D eigenvalue weighted by Crippen LogP contribution is -2.18. The first-order valence-electron chi connectivity index (χ1n) is 5.96. The van der Waals surface area contributed by atoms with Crippen molar-refractivity contribution in [2.45, 2.75) is 25.9 Å². The van der Waals surface area contributed by atoms with Crippen molar-refractivity contribution in [2.75, 3.05) is 0 Å². The van der Waals surface area contributed by atoms with E-state index in [0.717, 1.165) is 33.2 Å². The highest BCUT2D eigenvalue weighted by Crippen LogP contribution is 2.31. The molecule has 0 aliphatic rings. The lowest BCUT2D eigenvalue weighted by molar-refractivity contribution is 0.559. The third-order valence-corrected chi connectivity index (χ3v) is 4.71. The second-order valence-corrected chi connectivity index (χ2v) is 6.37. The monoisotopic (exact) mass is 405 g/mol. The van der Waals surface area contributed by atoms with E-state index in [1.54, 1.807) is 6.20 Å². The van der Waals surface area contributed by atoms with Crippen LogP contribution in [-0.2, 0) is 6.54 Å². The Balaban J connectivity index is 2.40. The van der Waals surface area contributed by atoms with Gasteiger partial charge in [0.25, 0.3) is 0 Å². The molecule has 6 heteroatoms. The van der Waals surface area contributed by atoms with Gasteiger partial charge in [0.15, 0.2) is 0 Å². The number of nitrogens with two attached hydrogens (primary N) is 1. The summed E-state index contributed by atoms with van der Waals surface area (Å²) in [6.45, 7) is 2.96. The van der Waals surface area contributed by atoms with Crippen LogP contribution < -0.4 is 5.73 Å². The van der Waals surface area contributed by atoms with Gasteiger partial charge in [-0.15, -0.1) is 0 Å². The molecule has 19 heavy (non-hydrogen) atoms. The van der Waals surface area contributed by atoms with Crippen molar-refractivity contribution in [1.82, 2.24) is 9.78 Å². The lowest BCUT2D eigenvalue weighted by atomic mass is 10.0. The van der Waals surface area contributed by atoms with Crippen LogP contribution in [0, 0.1) is 0 Å². The number of aromatic nitrogens is 2. The van der Waals surface area contributed by atoms with Crippen LogP contribution in [0.25, 0.3) is 0 Å². The highest BCUT2D eigenvalue weighted by atomic mass is 79.9. The molecule has 0 aliphatic heterocycles. The summed E-state index contributed by atoms with van der Waals surface area (Å²) in [4.78, 5) is 0. The van der Waals surface area contributed by atoms with E-state index in [9.17, 15) is 0 Å². The van der Waals surface area contributed by atoms with Gasteiger partial charge in [0.1, 0.15) is 0 Å². The maximum Gasteiger partial charge on any atom is 0.0738 e. The Kier molecular flexibility index (Phi) is 5.06. The molecule has 1 heterocycles. The van der Waals surface area contributed by atoms with Crippen molar-refractivity contribution in [3.05, 3.63) is 49.6 Å². The maximum atomic E-state index is 6.35. The third-order valence-electron chi connectivity index (χ3n) is 2.87. The summed E-state index contributed by atoms with van der Waals surface area (Å²) < 4.78 is 3.73. The zero-order chi connectivity index (χ0) is 14.0. The number of benzene rings is 1. The smallest absolute Gasteiger partial charge is 0.0738 e. The first-order chi connectivity index (χ1) is 9.04. The molecule has 1 unspecified atom stereocenters. The van der Waals surface area contributed by atoms with Crippen molar-refractivity contribution in [3.8, 4) is 0 Å². The van der Waals surface area contributed by atoms with Crippen molar-refractivity contribution in [1.29, 1.82) is 0 Å². The van der Waals surface area contributed by atoms with E-state index in [4.69, 9.17) is 17.3 Å². The molecule has 3 nitrogen and oxygen atoms in total. The van der Waals surface area contributed by atoms with E-state index in [-0.39, 0.29) is 6.04 Å². The minimum absolute atomic E-state index is 0.256. The fourth-order valence-electron chi connectivity index (χ4n) is 1.93. The molecule has 2 rings (SSSR count). The Bertz CT molecular complexity index is 583. The van der Waals surface area contributed by atoms with Crippen LogP contribution in [0.4, 0.5) is 0 Å².